The molecule has 0 heterocycles. The second-order valence-corrected chi connectivity index (χ2v) is 1.62. The zero-order valence-electron chi connectivity index (χ0n) is 6.25. The Morgan fingerprint density at radius 2 is 2.00 bits per heavy atom. The van der Waals surface area contributed by atoms with Crippen molar-refractivity contribution < 1.29 is 9.47 Å². The lowest BCUT2D eigenvalue weighted by molar-refractivity contribution is -0.0548. The van der Waals surface area contributed by atoms with Crippen molar-refractivity contribution >= 4 is 0 Å². The Morgan fingerprint density at radius 1 is 1.40 bits per heavy atom. The van der Waals surface area contributed by atoms with Gasteiger partial charge in [-0.15, -0.1) is 0 Å². The van der Waals surface area contributed by atoms with E-state index in [1.165, 1.54) is 0 Å². The minimum absolute atomic E-state index is 0.290. The number of methoxy groups -OCH3 is 1. The average Bonchev–Trinajstić information content (AvgIpc) is 1.99. The summed E-state index contributed by atoms with van der Waals surface area (Å²) in [5.41, 5.74) is 0. The molecular formula is C7H13NO2. The van der Waals surface area contributed by atoms with Gasteiger partial charge < -0.3 is 14.4 Å². The van der Waals surface area contributed by atoms with Crippen LogP contribution in [0.5, 0.6) is 0 Å². The van der Waals surface area contributed by atoms with E-state index in [1.54, 1.807) is 24.4 Å². The second kappa shape index (κ2) is 6.32. The number of rotatable bonds is 6. The van der Waals surface area contributed by atoms with E-state index in [4.69, 9.17) is 4.74 Å². The van der Waals surface area contributed by atoms with Gasteiger partial charge in [-0.2, -0.15) is 0 Å². The smallest absolute Gasteiger partial charge is 0.148 e. The third-order valence-corrected chi connectivity index (χ3v) is 0.911. The molecule has 0 atom stereocenters. The first-order chi connectivity index (χ1) is 4.85. The zero-order chi connectivity index (χ0) is 7.82. The standard InChI is InChI=1S/C7H13NO2/c1-4-8(5-2)6-10-7-9-3/h4-5H,1-2,6-7H2,3H3. The summed E-state index contributed by atoms with van der Waals surface area (Å²) in [6.45, 7) is 7.81. The van der Waals surface area contributed by atoms with Gasteiger partial charge in [0.1, 0.15) is 13.5 Å². The topological polar surface area (TPSA) is 21.7 Å². The van der Waals surface area contributed by atoms with Gasteiger partial charge in [0.05, 0.1) is 0 Å². The molecule has 0 aromatic carbocycles. The van der Waals surface area contributed by atoms with Crippen LogP contribution in [0.4, 0.5) is 0 Å². The molecule has 0 rings (SSSR count). The average molecular weight is 143 g/mol. The number of hydrogen-bond donors (Lipinski definition) is 0. The molecule has 0 amide bonds. The summed E-state index contributed by atoms with van der Waals surface area (Å²) in [4.78, 5) is 1.71. The number of ether oxygens (including phenoxy) is 2. The van der Waals surface area contributed by atoms with Crippen LogP contribution in [-0.2, 0) is 9.47 Å². The number of nitrogens with zero attached hydrogens (tertiary/aromatic N) is 1. The quantitative estimate of drug-likeness (QED) is 0.411. The summed E-state index contributed by atoms with van der Waals surface area (Å²) in [6.07, 6.45) is 3.26. The first-order valence-electron chi connectivity index (χ1n) is 2.92. The van der Waals surface area contributed by atoms with Crippen molar-refractivity contribution in [2.45, 2.75) is 0 Å². The van der Waals surface area contributed by atoms with Gasteiger partial charge in [0.15, 0.2) is 0 Å². The van der Waals surface area contributed by atoms with Gasteiger partial charge in [0, 0.05) is 7.11 Å². The van der Waals surface area contributed by atoms with Crippen LogP contribution < -0.4 is 0 Å². The molecule has 0 fully saturated rings. The van der Waals surface area contributed by atoms with E-state index in [0.717, 1.165) is 0 Å². The molecule has 0 N–H and O–H groups in total. The van der Waals surface area contributed by atoms with Gasteiger partial charge >= 0.3 is 0 Å². The highest BCUT2D eigenvalue weighted by Gasteiger charge is 1.89. The molecule has 0 saturated carbocycles. The van der Waals surface area contributed by atoms with E-state index >= 15 is 0 Å². The van der Waals surface area contributed by atoms with Crippen molar-refractivity contribution in [3.05, 3.63) is 25.6 Å². The third kappa shape index (κ3) is 4.12. The molecule has 0 bridgehead atoms. The minimum atomic E-state index is 0.290. The Morgan fingerprint density at radius 3 is 2.40 bits per heavy atom. The van der Waals surface area contributed by atoms with E-state index in [2.05, 4.69) is 17.9 Å². The molecule has 3 heteroatoms. The highest BCUT2D eigenvalue weighted by Crippen LogP contribution is 1.88. The lowest BCUT2D eigenvalue weighted by atomic mass is 10.7. The Hall–Kier alpha value is -0.800. The predicted molar refractivity (Wildman–Crippen MR) is 40.1 cm³/mol. The Labute approximate surface area is 61.5 Å². The largest absolute Gasteiger partial charge is 0.359 e. The summed E-state index contributed by atoms with van der Waals surface area (Å²) in [7, 11) is 1.58. The fraction of sp³-hybridized carbons (Fsp3) is 0.429. The fourth-order valence-corrected chi connectivity index (χ4v) is 0.406. The summed E-state index contributed by atoms with van der Waals surface area (Å²) < 4.78 is 9.65. The van der Waals surface area contributed by atoms with E-state index in [9.17, 15) is 0 Å². The maximum atomic E-state index is 4.99. The molecular weight excluding hydrogens is 130 g/mol. The van der Waals surface area contributed by atoms with Crippen molar-refractivity contribution in [1.29, 1.82) is 0 Å². The normalized spacial score (nSPS) is 8.90. The van der Waals surface area contributed by atoms with Crippen molar-refractivity contribution in [2.24, 2.45) is 0 Å². The van der Waals surface area contributed by atoms with Gasteiger partial charge in [-0.05, 0) is 12.4 Å². The van der Waals surface area contributed by atoms with E-state index in [0.29, 0.717) is 6.73 Å². The molecule has 0 radical (unpaired) electrons. The van der Waals surface area contributed by atoms with E-state index in [-0.39, 0.29) is 6.79 Å². The monoisotopic (exact) mass is 143 g/mol. The molecule has 0 aromatic heterocycles. The van der Waals surface area contributed by atoms with Crippen molar-refractivity contribution in [2.75, 3.05) is 20.6 Å². The van der Waals surface area contributed by atoms with Crippen LogP contribution in [-0.4, -0.2) is 25.5 Å². The Kier molecular flexibility index (Phi) is 5.82. The molecule has 0 saturated heterocycles. The predicted octanol–water partition coefficient (Wildman–Crippen LogP) is 1.15. The van der Waals surface area contributed by atoms with Gasteiger partial charge in [-0.1, -0.05) is 13.2 Å². The van der Waals surface area contributed by atoms with Gasteiger partial charge in [-0.25, -0.2) is 0 Å². The Balaban J connectivity index is 3.25. The van der Waals surface area contributed by atoms with Gasteiger partial charge in [0.2, 0.25) is 0 Å². The first kappa shape index (κ1) is 9.20. The second-order valence-electron chi connectivity index (χ2n) is 1.62. The fourth-order valence-electron chi connectivity index (χ4n) is 0.406. The highest BCUT2D eigenvalue weighted by molar-refractivity contribution is 4.77. The van der Waals surface area contributed by atoms with Gasteiger partial charge in [-0.3, -0.25) is 0 Å². The van der Waals surface area contributed by atoms with Crippen molar-refractivity contribution in [1.82, 2.24) is 4.90 Å². The van der Waals surface area contributed by atoms with Gasteiger partial charge in [0.25, 0.3) is 0 Å². The zero-order valence-corrected chi connectivity index (χ0v) is 6.25. The third-order valence-electron chi connectivity index (χ3n) is 0.911. The van der Waals surface area contributed by atoms with E-state index in [1.807, 2.05) is 0 Å². The van der Waals surface area contributed by atoms with Crippen LogP contribution in [0.2, 0.25) is 0 Å². The lowest BCUT2D eigenvalue weighted by Crippen LogP contribution is -2.14. The molecule has 3 nitrogen and oxygen atoms in total. The van der Waals surface area contributed by atoms with Crippen molar-refractivity contribution in [3.63, 3.8) is 0 Å². The molecule has 0 aliphatic heterocycles. The van der Waals surface area contributed by atoms with Crippen LogP contribution in [0.15, 0.2) is 25.6 Å². The summed E-state index contributed by atoms with van der Waals surface area (Å²) in [5, 5.41) is 0. The van der Waals surface area contributed by atoms with E-state index < -0.39 is 0 Å². The summed E-state index contributed by atoms with van der Waals surface area (Å²) in [5.74, 6) is 0. The first-order valence-corrected chi connectivity index (χ1v) is 2.92. The van der Waals surface area contributed by atoms with Crippen LogP contribution in [0.1, 0.15) is 0 Å². The molecule has 58 valence electrons. The molecule has 10 heavy (non-hydrogen) atoms. The SMILES string of the molecule is C=CN(C=C)COCOC. The maximum Gasteiger partial charge on any atom is 0.148 e. The van der Waals surface area contributed by atoms with Crippen LogP contribution in [0, 0.1) is 0 Å². The van der Waals surface area contributed by atoms with Crippen molar-refractivity contribution in [3.8, 4) is 0 Å². The number of hydrogen-bond acceptors (Lipinski definition) is 3. The highest BCUT2D eigenvalue weighted by atomic mass is 16.7. The molecule has 0 spiro atoms. The summed E-state index contributed by atoms with van der Waals surface area (Å²) >= 11 is 0. The Bertz CT molecular complexity index is 95.8. The maximum absolute atomic E-state index is 4.99. The molecule has 0 unspecified atom stereocenters. The molecule has 0 aliphatic carbocycles. The van der Waals surface area contributed by atoms with Crippen LogP contribution in [0.3, 0.4) is 0 Å². The van der Waals surface area contributed by atoms with Crippen LogP contribution >= 0.6 is 0 Å². The summed E-state index contributed by atoms with van der Waals surface area (Å²) in [6, 6.07) is 0. The lowest BCUT2D eigenvalue weighted by Gasteiger charge is -2.13. The van der Waals surface area contributed by atoms with Crippen LogP contribution in [0.25, 0.3) is 0 Å². The molecule has 0 aromatic rings. The minimum Gasteiger partial charge on any atom is -0.359 e. The molecule has 0 aliphatic rings.